The molecule has 1 aliphatic heterocycles. The van der Waals surface area contributed by atoms with Crippen LogP contribution in [0.4, 0.5) is 0 Å². The SMILES string of the molecule is O=C(NC1CCSc2ccccc21)c1cscn1. The number of thioether (sulfide) groups is 1. The Kier molecular flexibility index (Phi) is 3.34. The summed E-state index contributed by atoms with van der Waals surface area (Å²) in [4.78, 5) is 17.3. The summed E-state index contributed by atoms with van der Waals surface area (Å²) in [6.07, 6.45) is 0.970. The number of benzene rings is 1. The Balaban J connectivity index is 1.80. The maximum absolute atomic E-state index is 12.0. The zero-order chi connectivity index (χ0) is 12.4. The first-order chi connectivity index (χ1) is 8.84. The van der Waals surface area contributed by atoms with Crippen molar-refractivity contribution in [1.82, 2.24) is 10.3 Å². The smallest absolute Gasteiger partial charge is 0.271 e. The highest BCUT2D eigenvalue weighted by atomic mass is 32.2. The van der Waals surface area contributed by atoms with Gasteiger partial charge in [0.15, 0.2) is 0 Å². The highest BCUT2D eigenvalue weighted by Gasteiger charge is 2.22. The number of nitrogens with zero attached hydrogens (tertiary/aromatic N) is 1. The van der Waals surface area contributed by atoms with E-state index in [1.54, 1.807) is 10.9 Å². The van der Waals surface area contributed by atoms with Crippen LogP contribution in [0.1, 0.15) is 28.5 Å². The van der Waals surface area contributed by atoms with E-state index in [9.17, 15) is 4.79 Å². The van der Waals surface area contributed by atoms with E-state index in [2.05, 4.69) is 22.4 Å². The summed E-state index contributed by atoms with van der Waals surface area (Å²) in [5.41, 5.74) is 3.41. The largest absolute Gasteiger partial charge is 0.344 e. The zero-order valence-corrected chi connectivity index (χ0v) is 11.3. The van der Waals surface area contributed by atoms with E-state index in [0.29, 0.717) is 5.69 Å². The Bertz CT molecular complexity index is 554. The van der Waals surface area contributed by atoms with E-state index in [1.165, 1.54) is 21.8 Å². The Morgan fingerprint density at radius 2 is 2.28 bits per heavy atom. The molecule has 2 aromatic rings. The number of hydrogen-bond donors (Lipinski definition) is 1. The molecule has 1 amide bonds. The molecule has 0 bridgehead atoms. The molecule has 0 radical (unpaired) electrons. The van der Waals surface area contributed by atoms with Gasteiger partial charge in [0.1, 0.15) is 5.69 Å². The second kappa shape index (κ2) is 5.12. The predicted octanol–water partition coefficient (Wildman–Crippen LogP) is 3.11. The summed E-state index contributed by atoms with van der Waals surface area (Å²) in [5, 5.41) is 4.85. The zero-order valence-electron chi connectivity index (χ0n) is 9.63. The van der Waals surface area contributed by atoms with Crippen LogP contribution in [-0.2, 0) is 0 Å². The average molecular weight is 276 g/mol. The monoisotopic (exact) mass is 276 g/mol. The molecule has 1 unspecified atom stereocenters. The molecule has 92 valence electrons. The van der Waals surface area contributed by atoms with Gasteiger partial charge in [0, 0.05) is 16.0 Å². The molecule has 1 atom stereocenters. The summed E-state index contributed by atoms with van der Waals surface area (Å²) in [6, 6.07) is 8.37. The van der Waals surface area contributed by atoms with Gasteiger partial charge in [0.2, 0.25) is 0 Å². The lowest BCUT2D eigenvalue weighted by Gasteiger charge is -2.25. The number of carbonyl (C=O) groups is 1. The minimum absolute atomic E-state index is 0.0806. The lowest BCUT2D eigenvalue weighted by Crippen LogP contribution is -2.30. The van der Waals surface area contributed by atoms with Crippen LogP contribution in [0.2, 0.25) is 0 Å². The van der Waals surface area contributed by atoms with Gasteiger partial charge in [-0.3, -0.25) is 4.79 Å². The van der Waals surface area contributed by atoms with Crippen molar-refractivity contribution in [3.05, 3.63) is 46.4 Å². The van der Waals surface area contributed by atoms with Crippen LogP contribution in [0.5, 0.6) is 0 Å². The van der Waals surface area contributed by atoms with Crippen LogP contribution in [0.3, 0.4) is 0 Å². The van der Waals surface area contributed by atoms with Gasteiger partial charge in [0.05, 0.1) is 11.6 Å². The Labute approximate surface area is 114 Å². The molecule has 3 rings (SSSR count). The van der Waals surface area contributed by atoms with Crippen molar-refractivity contribution in [1.29, 1.82) is 0 Å². The number of hydrogen-bond acceptors (Lipinski definition) is 4. The van der Waals surface area contributed by atoms with Crippen LogP contribution in [-0.4, -0.2) is 16.6 Å². The van der Waals surface area contributed by atoms with Gasteiger partial charge in [-0.05, 0) is 18.1 Å². The quantitative estimate of drug-likeness (QED) is 0.916. The molecule has 3 nitrogen and oxygen atoms in total. The van der Waals surface area contributed by atoms with Gasteiger partial charge in [-0.1, -0.05) is 18.2 Å². The standard InChI is InChI=1S/C13H12N2OS2/c16-13(11-7-17-8-14-11)15-10-5-6-18-12-4-2-1-3-9(10)12/h1-4,7-8,10H,5-6H2,(H,15,16). The fourth-order valence-electron chi connectivity index (χ4n) is 2.05. The number of amides is 1. The van der Waals surface area contributed by atoms with Crippen LogP contribution >= 0.6 is 23.1 Å². The maximum Gasteiger partial charge on any atom is 0.271 e. The van der Waals surface area contributed by atoms with E-state index in [0.717, 1.165) is 12.2 Å². The van der Waals surface area contributed by atoms with E-state index in [1.807, 2.05) is 23.9 Å². The molecule has 18 heavy (non-hydrogen) atoms. The van der Waals surface area contributed by atoms with Crippen molar-refractivity contribution in [2.75, 3.05) is 5.75 Å². The number of aromatic nitrogens is 1. The number of fused-ring (bicyclic) bond motifs is 1. The van der Waals surface area contributed by atoms with Crippen molar-refractivity contribution in [2.45, 2.75) is 17.4 Å². The summed E-state index contributed by atoms with van der Waals surface area (Å²) in [5.74, 6) is 0.960. The maximum atomic E-state index is 12.0. The first kappa shape index (κ1) is 11.7. The highest BCUT2D eigenvalue weighted by Crippen LogP contribution is 2.35. The molecule has 1 N–H and O–H groups in total. The van der Waals surface area contributed by atoms with Crippen molar-refractivity contribution >= 4 is 29.0 Å². The molecule has 1 aromatic heterocycles. The molecule has 2 heterocycles. The van der Waals surface area contributed by atoms with E-state index in [4.69, 9.17) is 0 Å². The fraction of sp³-hybridized carbons (Fsp3) is 0.231. The molecule has 0 saturated carbocycles. The Morgan fingerprint density at radius 3 is 3.11 bits per heavy atom. The van der Waals surface area contributed by atoms with Crippen molar-refractivity contribution in [3.63, 3.8) is 0 Å². The molecule has 1 aliphatic rings. The third kappa shape index (κ3) is 2.28. The Morgan fingerprint density at radius 1 is 1.39 bits per heavy atom. The van der Waals surface area contributed by atoms with Crippen LogP contribution < -0.4 is 5.32 Å². The molecule has 0 aliphatic carbocycles. The van der Waals surface area contributed by atoms with Crippen LogP contribution in [0.15, 0.2) is 40.1 Å². The number of carbonyl (C=O) groups excluding carboxylic acids is 1. The topological polar surface area (TPSA) is 42.0 Å². The van der Waals surface area contributed by atoms with Gasteiger partial charge in [-0.25, -0.2) is 4.98 Å². The van der Waals surface area contributed by atoms with E-state index in [-0.39, 0.29) is 11.9 Å². The molecular weight excluding hydrogens is 264 g/mol. The van der Waals surface area contributed by atoms with Crippen molar-refractivity contribution in [2.24, 2.45) is 0 Å². The van der Waals surface area contributed by atoms with Crippen molar-refractivity contribution in [3.8, 4) is 0 Å². The summed E-state index contributed by atoms with van der Waals surface area (Å²) in [7, 11) is 0. The van der Waals surface area contributed by atoms with Gasteiger partial charge < -0.3 is 5.32 Å². The molecule has 0 saturated heterocycles. The lowest BCUT2D eigenvalue weighted by atomic mass is 10.0. The van der Waals surface area contributed by atoms with E-state index >= 15 is 0 Å². The van der Waals surface area contributed by atoms with Gasteiger partial charge in [-0.2, -0.15) is 0 Å². The summed E-state index contributed by atoms with van der Waals surface area (Å²) in [6.45, 7) is 0. The van der Waals surface area contributed by atoms with Gasteiger partial charge in [0.25, 0.3) is 5.91 Å². The first-order valence-electron chi connectivity index (χ1n) is 5.75. The Hall–Kier alpha value is -1.33. The van der Waals surface area contributed by atoms with Gasteiger partial charge in [-0.15, -0.1) is 23.1 Å². The second-order valence-corrected chi connectivity index (χ2v) is 5.93. The number of thiazole rings is 1. The lowest BCUT2D eigenvalue weighted by molar-refractivity contribution is 0.0930. The van der Waals surface area contributed by atoms with E-state index < -0.39 is 0 Å². The fourth-order valence-corrected chi connectivity index (χ4v) is 3.71. The minimum atomic E-state index is -0.0806. The summed E-state index contributed by atoms with van der Waals surface area (Å²) < 4.78 is 0. The highest BCUT2D eigenvalue weighted by molar-refractivity contribution is 7.99. The molecule has 5 heteroatoms. The molecule has 1 aromatic carbocycles. The normalized spacial score (nSPS) is 18.1. The minimum Gasteiger partial charge on any atom is -0.344 e. The third-order valence-corrected chi connectivity index (χ3v) is 4.64. The second-order valence-electron chi connectivity index (χ2n) is 4.07. The number of nitrogens with one attached hydrogen (secondary N) is 1. The molecule has 0 spiro atoms. The molecule has 0 fully saturated rings. The first-order valence-corrected chi connectivity index (χ1v) is 7.68. The molecular formula is C13H12N2OS2. The summed E-state index contributed by atoms with van der Waals surface area (Å²) >= 11 is 3.29. The predicted molar refractivity (Wildman–Crippen MR) is 74.1 cm³/mol. The third-order valence-electron chi connectivity index (χ3n) is 2.93. The average Bonchev–Trinajstić information content (AvgIpc) is 2.93. The van der Waals surface area contributed by atoms with Crippen molar-refractivity contribution < 1.29 is 4.79 Å². The van der Waals surface area contributed by atoms with Gasteiger partial charge >= 0.3 is 0 Å². The van der Waals surface area contributed by atoms with Crippen LogP contribution in [0.25, 0.3) is 0 Å². The van der Waals surface area contributed by atoms with Crippen LogP contribution in [0, 0.1) is 0 Å². The number of rotatable bonds is 2.